The van der Waals surface area contributed by atoms with Gasteiger partial charge >= 0.3 is 209 Å². The van der Waals surface area contributed by atoms with E-state index < -0.39 is 39.1 Å². The molecule has 31 heteroatoms. The molecule has 0 fully saturated rings. The summed E-state index contributed by atoms with van der Waals surface area (Å²) in [4.78, 5) is 116. The molecule has 0 heterocycles. The molecule has 31 heavy (non-hydrogen) atoms. The first-order valence-electron chi connectivity index (χ1n) is 3.81. The SMILES string of the molecule is O=P(O)(O)O.O=P(O)(O)O.O=P(O)(O)O.O=P([O-])([O-])[O-].O=P([O-])([O-])[O-].[H-].[H-].[H-].[H-].[H-].[H-].[Ni+2].[Ni+2].[Ni+2].[Sr+2].[Sr+2].[Sr+2]. The Morgan fingerprint density at radius 3 is 0.387 bits per heavy atom. The fraction of sp³-hybridized carbons (Fsp3) is 0. The fourth-order valence-electron chi connectivity index (χ4n) is 0. The van der Waals surface area contributed by atoms with Crippen molar-refractivity contribution in [1.29, 1.82) is 0 Å². The van der Waals surface area contributed by atoms with Crippen LogP contribution < -0.4 is 29.4 Å². The summed E-state index contributed by atoms with van der Waals surface area (Å²) in [5.74, 6) is 0. The summed E-state index contributed by atoms with van der Waals surface area (Å²) >= 11 is 0. The van der Waals surface area contributed by atoms with Crippen molar-refractivity contribution in [3.05, 3.63) is 0 Å². The van der Waals surface area contributed by atoms with Gasteiger partial charge in [0.25, 0.3) is 0 Å². The minimum absolute atomic E-state index is 0. The molecule has 0 amide bonds. The van der Waals surface area contributed by atoms with Gasteiger partial charge in [-0.25, -0.2) is 13.7 Å². The predicted molar refractivity (Wildman–Crippen MR) is 81.9 cm³/mol. The van der Waals surface area contributed by atoms with Crippen LogP contribution in [0.15, 0.2) is 0 Å². The van der Waals surface area contributed by atoms with Crippen molar-refractivity contribution in [2.45, 2.75) is 0 Å². The Kier molecular flexibility index (Phi) is 79.2. The van der Waals surface area contributed by atoms with Gasteiger partial charge < -0.3 is 91.1 Å². The van der Waals surface area contributed by atoms with Gasteiger partial charge in [0.2, 0.25) is 0 Å². The van der Waals surface area contributed by atoms with Crippen LogP contribution in [0.25, 0.3) is 0 Å². The minimum Gasteiger partial charge on any atom is -1.00 e. The molecular formula is H15Ni3O20P5Sr3. The van der Waals surface area contributed by atoms with E-state index in [4.69, 9.17) is 96.2 Å². The van der Waals surface area contributed by atoms with E-state index in [0.29, 0.717) is 0 Å². The zero-order valence-electron chi connectivity index (χ0n) is 19.8. The quantitative estimate of drug-likeness (QED) is 0.0804. The molecule has 0 rings (SSSR count). The maximum Gasteiger partial charge on any atom is 2.00 e. The van der Waals surface area contributed by atoms with E-state index >= 15 is 0 Å². The fourth-order valence-corrected chi connectivity index (χ4v) is 0. The van der Waals surface area contributed by atoms with Crippen LogP contribution in [0.1, 0.15) is 8.56 Å². The number of hydrogen-bond acceptors (Lipinski definition) is 11. The van der Waals surface area contributed by atoms with Crippen LogP contribution in [0.3, 0.4) is 0 Å². The number of rotatable bonds is 0. The van der Waals surface area contributed by atoms with Gasteiger partial charge in [-0.2, -0.15) is 15.6 Å². The van der Waals surface area contributed by atoms with Crippen molar-refractivity contribution in [1.82, 2.24) is 0 Å². The predicted octanol–water partition coefficient (Wildman–Crippen LogP) is -8.91. The first-order chi connectivity index (χ1) is 10.0. The molecule has 0 saturated carbocycles. The Hall–Kier alpha value is 6.47. The third kappa shape index (κ3) is 1030. The smallest absolute Gasteiger partial charge is 1.00 e. The first kappa shape index (κ1) is 71.1. The monoisotopic (exact) mass is 927 g/mol. The summed E-state index contributed by atoms with van der Waals surface area (Å²) in [5.41, 5.74) is 0. The van der Waals surface area contributed by atoms with Crippen LogP contribution >= 0.6 is 39.1 Å². The van der Waals surface area contributed by atoms with Crippen molar-refractivity contribution >= 4 is 176 Å². The van der Waals surface area contributed by atoms with Crippen molar-refractivity contribution < 1.29 is 154 Å². The second-order valence-corrected chi connectivity index (χ2v) is 7.30. The second kappa shape index (κ2) is 34.5. The van der Waals surface area contributed by atoms with Crippen LogP contribution in [0.5, 0.6) is 0 Å². The van der Waals surface area contributed by atoms with Gasteiger partial charge in [0.15, 0.2) is 0 Å². The van der Waals surface area contributed by atoms with E-state index in [2.05, 4.69) is 0 Å². The summed E-state index contributed by atoms with van der Waals surface area (Å²) in [6.07, 6.45) is 0. The summed E-state index contributed by atoms with van der Waals surface area (Å²) in [6.45, 7) is 0. The molecule has 0 atom stereocenters. The van der Waals surface area contributed by atoms with E-state index in [1.807, 2.05) is 0 Å². The van der Waals surface area contributed by atoms with Crippen molar-refractivity contribution in [2.24, 2.45) is 0 Å². The molecule has 0 aromatic heterocycles. The molecule has 196 valence electrons. The summed E-state index contributed by atoms with van der Waals surface area (Å²) < 4.78 is 43.7. The van der Waals surface area contributed by atoms with Crippen molar-refractivity contribution in [3.63, 3.8) is 0 Å². The number of hydrogen-bond donors (Lipinski definition) is 9. The zero-order chi connectivity index (χ0) is 22.5. The Labute approximate surface area is 323 Å². The van der Waals surface area contributed by atoms with E-state index in [1.54, 1.807) is 0 Å². The molecule has 0 bridgehead atoms. The van der Waals surface area contributed by atoms with Crippen LogP contribution in [0.2, 0.25) is 0 Å². The van der Waals surface area contributed by atoms with Gasteiger partial charge in [0, 0.05) is 0 Å². The van der Waals surface area contributed by atoms with Crippen molar-refractivity contribution in [2.75, 3.05) is 0 Å². The van der Waals surface area contributed by atoms with E-state index in [9.17, 15) is 0 Å². The van der Waals surface area contributed by atoms with Gasteiger partial charge in [-0.3, -0.25) is 0 Å². The van der Waals surface area contributed by atoms with Gasteiger partial charge in [-0.15, -0.1) is 0 Å². The van der Waals surface area contributed by atoms with Crippen LogP contribution in [-0.2, 0) is 72.3 Å². The molecule has 0 saturated heterocycles. The first-order valence-corrected chi connectivity index (χ1v) is 11.4. The van der Waals surface area contributed by atoms with Crippen molar-refractivity contribution in [3.8, 4) is 0 Å². The molecule has 0 aliphatic carbocycles. The van der Waals surface area contributed by atoms with E-state index in [0.717, 1.165) is 0 Å². The molecule has 0 aromatic carbocycles. The average molecular weight is 929 g/mol. The average Bonchev–Trinajstić information content (AvgIpc) is 1.79. The molecule has 0 spiro atoms. The van der Waals surface area contributed by atoms with E-state index in [1.165, 1.54) is 0 Å². The third-order valence-electron chi connectivity index (χ3n) is 0. The number of phosphoric acid groups is 5. The third-order valence-corrected chi connectivity index (χ3v) is 0. The van der Waals surface area contributed by atoms with Crippen LogP contribution in [0, 0.1) is 0 Å². The molecule has 0 aromatic rings. The largest absolute Gasteiger partial charge is 2.00 e. The molecule has 0 radical (unpaired) electrons. The summed E-state index contributed by atoms with van der Waals surface area (Å²) in [5, 5.41) is 0. The maximum absolute atomic E-state index is 8.88. The topological polar surface area (TPSA) is 406 Å². The van der Waals surface area contributed by atoms with Crippen LogP contribution in [-0.4, -0.2) is 180 Å². The van der Waals surface area contributed by atoms with Gasteiger partial charge in [-0.1, -0.05) is 0 Å². The Bertz CT molecular complexity index is 417. The zero-order valence-corrected chi connectivity index (χ0v) is 31.7. The molecule has 20 nitrogen and oxygen atoms in total. The van der Waals surface area contributed by atoms with Gasteiger partial charge in [0.05, 0.1) is 0 Å². The summed E-state index contributed by atoms with van der Waals surface area (Å²) in [6, 6.07) is 0. The Balaban J connectivity index is -0.00000000833. The Morgan fingerprint density at radius 1 is 0.387 bits per heavy atom. The minimum atomic E-state index is -5.39. The molecule has 0 unspecified atom stereocenters. The standard InChI is InChI=1S/3Ni.5H3O4P.3Sr.6H/c;;;5*1-5(2,3)4;;;;;;;;;/h;;;5*(H3,1,2,3,4);;;;;;;;;/q3*+2;;;;;;3*+2;6*-1/p-6. The van der Waals surface area contributed by atoms with Crippen LogP contribution in [0.4, 0.5) is 0 Å². The molecule has 0 aliphatic rings. The van der Waals surface area contributed by atoms with Gasteiger partial charge in [0.1, 0.15) is 0 Å². The summed E-state index contributed by atoms with van der Waals surface area (Å²) in [7, 11) is -24.7. The van der Waals surface area contributed by atoms with E-state index in [-0.39, 0.29) is 194 Å². The Morgan fingerprint density at radius 2 is 0.387 bits per heavy atom. The molecule has 9 N–H and O–H groups in total. The molecule has 0 aliphatic heterocycles. The maximum atomic E-state index is 8.88. The molecular weight excluding hydrogens is 914 g/mol. The normalized spacial score (nSPS) is 9.52. The second-order valence-electron chi connectivity index (χ2n) is 2.43. The van der Waals surface area contributed by atoms with Gasteiger partial charge in [-0.05, 0) is 0 Å².